The van der Waals surface area contributed by atoms with Crippen molar-refractivity contribution in [3.05, 3.63) is 0 Å². The van der Waals surface area contributed by atoms with Crippen LogP contribution < -0.4 is 5.32 Å². The molecule has 2 rings (SSSR count). The smallest absolute Gasteiger partial charge is 0.323 e. The van der Waals surface area contributed by atoms with E-state index in [0.717, 1.165) is 12.3 Å². The third-order valence-corrected chi connectivity index (χ3v) is 6.01. The van der Waals surface area contributed by atoms with Gasteiger partial charge in [-0.15, -0.1) is 0 Å². The number of hydrogen-bond donors (Lipinski definition) is 2. The molecule has 2 fully saturated rings. The summed E-state index contributed by atoms with van der Waals surface area (Å²) in [5.74, 6) is -0.106. The topological polar surface area (TPSA) is 58.6 Å². The molecule has 0 spiro atoms. The zero-order chi connectivity index (χ0) is 15.1. The molecule has 0 aromatic carbocycles. The number of carboxylic acids is 1. The van der Waals surface area contributed by atoms with E-state index in [9.17, 15) is 9.90 Å². The lowest BCUT2D eigenvalue weighted by Gasteiger charge is -2.39. The van der Waals surface area contributed by atoms with Gasteiger partial charge in [0.2, 0.25) is 0 Å². The molecule has 0 aliphatic heterocycles. The number of rotatable bonds is 6. The predicted octanol–water partition coefficient (Wildman–Crippen LogP) is 2.67. The molecule has 4 atom stereocenters. The Kier molecular flexibility index (Phi) is 4.18. The highest BCUT2D eigenvalue weighted by molar-refractivity contribution is 5.73. The zero-order valence-electron chi connectivity index (χ0n) is 13.4. The summed E-state index contributed by atoms with van der Waals surface area (Å²) in [6.07, 6.45) is 3.77. The molecule has 0 aromatic heterocycles. The van der Waals surface area contributed by atoms with Gasteiger partial charge in [0.1, 0.15) is 6.04 Å². The Labute approximate surface area is 122 Å². The third-order valence-electron chi connectivity index (χ3n) is 6.01. The molecule has 20 heavy (non-hydrogen) atoms. The van der Waals surface area contributed by atoms with Crippen molar-refractivity contribution >= 4 is 5.97 Å². The molecule has 0 amide bonds. The van der Waals surface area contributed by atoms with Gasteiger partial charge >= 0.3 is 5.97 Å². The summed E-state index contributed by atoms with van der Waals surface area (Å²) in [4.78, 5) is 11.3. The molecule has 2 aliphatic carbocycles. The molecule has 0 aromatic rings. The van der Waals surface area contributed by atoms with E-state index in [1.807, 2.05) is 13.8 Å². The lowest BCUT2D eigenvalue weighted by molar-refractivity contribution is -0.143. The Morgan fingerprint density at radius 2 is 2.05 bits per heavy atom. The fourth-order valence-corrected chi connectivity index (χ4v) is 4.19. The molecule has 0 radical (unpaired) electrons. The van der Waals surface area contributed by atoms with Crippen LogP contribution in [0.4, 0.5) is 0 Å². The maximum absolute atomic E-state index is 11.3. The first-order valence-corrected chi connectivity index (χ1v) is 7.79. The van der Waals surface area contributed by atoms with E-state index < -0.39 is 12.0 Å². The molecule has 4 nitrogen and oxygen atoms in total. The molecular weight excluding hydrogens is 254 g/mol. The Hall–Kier alpha value is -0.610. The van der Waals surface area contributed by atoms with Crippen molar-refractivity contribution in [1.82, 2.24) is 5.32 Å². The molecule has 4 heteroatoms. The van der Waals surface area contributed by atoms with E-state index in [0.29, 0.717) is 5.41 Å². The van der Waals surface area contributed by atoms with Crippen molar-refractivity contribution in [3.63, 3.8) is 0 Å². The molecule has 2 N–H and O–H groups in total. The molecule has 2 bridgehead atoms. The summed E-state index contributed by atoms with van der Waals surface area (Å²) in [6.45, 7) is 11.2. The van der Waals surface area contributed by atoms with Crippen LogP contribution in [0, 0.1) is 16.7 Å². The lowest BCUT2D eigenvalue weighted by Crippen LogP contribution is -2.46. The van der Waals surface area contributed by atoms with Crippen LogP contribution >= 0.6 is 0 Å². The maximum Gasteiger partial charge on any atom is 0.323 e. The van der Waals surface area contributed by atoms with E-state index in [2.05, 4.69) is 26.1 Å². The van der Waals surface area contributed by atoms with Gasteiger partial charge in [0.25, 0.3) is 0 Å². The first-order chi connectivity index (χ1) is 9.18. The van der Waals surface area contributed by atoms with E-state index in [-0.39, 0.29) is 24.2 Å². The van der Waals surface area contributed by atoms with Gasteiger partial charge in [-0.2, -0.15) is 0 Å². The number of hydrogen-bond acceptors (Lipinski definition) is 3. The average molecular weight is 283 g/mol. The van der Waals surface area contributed by atoms with Crippen molar-refractivity contribution in [2.45, 2.75) is 72.1 Å². The number of nitrogens with one attached hydrogen (secondary N) is 1. The summed E-state index contributed by atoms with van der Waals surface area (Å²) in [5, 5.41) is 12.3. The van der Waals surface area contributed by atoms with Gasteiger partial charge in [-0.25, -0.2) is 0 Å². The number of carbonyl (C=O) groups is 1. The molecule has 2 saturated carbocycles. The van der Waals surface area contributed by atoms with Crippen molar-refractivity contribution in [2.24, 2.45) is 16.7 Å². The third kappa shape index (κ3) is 2.48. The zero-order valence-corrected chi connectivity index (χ0v) is 13.4. The van der Waals surface area contributed by atoms with E-state index in [4.69, 9.17) is 4.74 Å². The summed E-state index contributed by atoms with van der Waals surface area (Å²) in [5.41, 5.74) is 0.500. The SMILES string of the molecule is CC(C)NC(COC1CC2CCC1(C)C2(C)C)C(=O)O. The highest BCUT2D eigenvalue weighted by Crippen LogP contribution is 2.66. The Balaban J connectivity index is 1.96. The molecule has 2 aliphatic rings. The van der Waals surface area contributed by atoms with Crippen LogP contribution in [0.3, 0.4) is 0 Å². The van der Waals surface area contributed by atoms with Crippen LogP contribution in [0.5, 0.6) is 0 Å². The molecule has 0 saturated heterocycles. The Bertz CT molecular complexity index is 380. The fraction of sp³-hybridized carbons (Fsp3) is 0.938. The number of ether oxygens (including phenoxy) is 1. The lowest BCUT2D eigenvalue weighted by atomic mass is 9.70. The van der Waals surface area contributed by atoms with Gasteiger partial charge in [0.05, 0.1) is 12.7 Å². The number of carboxylic acid groups (broad SMARTS) is 1. The monoisotopic (exact) mass is 283 g/mol. The second-order valence-electron chi connectivity index (χ2n) is 7.64. The minimum atomic E-state index is -0.828. The van der Waals surface area contributed by atoms with Crippen molar-refractivity contribution in [3.8, 4) is 0 Å². The summed E-state index contributed by atoms with van der Waals surface area (Å²) < 4.78 is 6.06. The van der Waals surface area contributed by atoms with Crippen molar-refractivity contribution < 1.29 is 14.6 Å². The number of fused-ring (bicyclic) bond motifs is 2. The summed E-state index contributed by atoms with van der Waals surface area (Å²) in [6, 6.07) is -0.465. The van der Waals surface area contributed by atoms with Crippen LogP contribution in [-0.2, 0) is 9.53 Å². The minimum Gasteiger partial charge on any atom is -0.480 e. The van der Waals surface area contributed by atoms with Crippen LogP contribution in [0.15, 0.2) is 0 Å². The first-order valence-electron chi connectivity index (χ1n) is 7.79. The summed E-state index contributed by atoms with van der Waals surface area (Å²) >= 11 is 0. The second-order valence-corrected chi connectivity index (χ2v) is 7.64. The van der Waals surface area contributed by atoms with E-state index in [1.54, 1.807) is 0 Å². The quantitative estimate of drug-likeness (QED) is 0.787. The van der Waals surface area contributed by atoms with Gasteiger partial charge in [-0.3, -0.25) is 4.79 Å². The predicted molar refractivity (Wildman–Crippen MR) is 78.7 cm³/mol. The van der Waals surface area contributed by atoms with Crippen molar-refractivity contribution in [2.75, 3.05) is 6.61 Å². The van der Waals surface area contributed by atoms with Crippen molar-refractivity contribution in [1.29, 1.82) is 0 Å². The Morgan fingerprint density at radius 1 is 1.40 bits per heavy atom. The summed E-state index contributed by atoms with van der Waals surface area (Å²) in [7, 11) is 0. The molecule has 116 valence electrons. The van der Waals surface area contributed by atoms with Gasteiger partial charge in [0.15, 0.2) is 0 Å². The van der Waals surface area contributed by atoms with Gasteiger partial charge in [-0.05, 0) is 36.0 Å². The average Bonchev–Trinajstić information content (AvgIpc) is 2.66. The highest BCUT2D eigenvalue weighted by atomic mass is 16.5. The van der Waals surface area contributed by atoms with Gasteiger partial charge < -0.3 is 15.2 Å². The normalized spacial score (nSPS) is 36.5. The molecule has 4 unspecified atom stereocenters. The second kappa shape index (κ2) is 5.30. The maximum atomic E-state index is 11.3. The standard InChI is InChI=1S/C16H29NO3/c1-10(2)17-12(14(18)19)9-20-13-8-11-6-7-16(13,5)15(11,3)4/h10-13,17H,6-9H2,1-5H3,(H,18,19). The van der Waals surface area contributed by atoms with Crippen LogP contribution in [0.1, 0.15) is 53.9 Å². The molecular formula is C16H29NO3. The van der Waals surface area contributed by atoms with Gasteiger partial charge in [0, 0.05) is 6.04 Å². The van der Waals surface area contributed by atoms with Gasteiger partial charge in [-0.1, -0.05) is 34.6 Å². The minimum absolute atomic E-state index is 0.145. The Morgan fingerprint density at radius 3 is 2.45 bits per heavy atom. The van der Waals surface area contributed by atoms with Crippen LogP contribution in [0.25, 0.3) is 0 Å². The van der Waals surface area contributed by atoms with E-state index in [1.165, 1.54) is 12.8 Å². The largest absolute Gasteiger partial charge is 0.480 e. The van der Waals surface area contributed by atoms with Crippen LogP contribution in [0.2, 0.25) is 0 Å². The van der Waals surface area contributed by atoms with Crippen LogP contribution in [-0.4, -0.2) is 35.9 Å². The molecule has 0 heterocycles. The first kappa shape index (κ1) is 15.8. The number of aliphatic carboxylic acids is 1. The highest BCUT2D eigenvalue weighted by Gasteiger charge is 2.61. The van der Waals surface area contributed by atoms with E-state index >= 15 is 0 Å². The fourth-order valence-electron chi connectivity index (χ4n) is 4.19.